The maximum atomic E-state index is 4.77. The van der Waals surface area contributed by atoms with Crippen molar-refractivity contribution in [2.75, 3.05) is 5.32 Å². The van der Waals surface area contributed by atoms with Crippen molar-refractivity contribution in [1.29, 1.82) is 0 Å². The van der Waals surface area contributed by atoms with Gasteiger partial charge in [-0.2, -0.15) is 5.10 Å². The Bertz CT molecular complexity index is 1220. The molecule has 0 radical (unpaired) electrons. The van der Waals surface area contributed by atoms with Gasteiger partial charge in [0.25, 0.3) is 0 Å². The Morgan fingerprint density at radius 2 is 1.81 bits per heavy atom. The monoisotopic (exact) mass is 352 g/mol. The summed E-state index contributed by atoms with van der Waals surface area (Å²) in [5.41, 5.74) is 4.84. The number of rotatable bonds is 4. The van der Waals surface area contributed by atoms with Gasteiger partial charge in [0.05, 0.1) is 11.7 Å². The van der Waals surface area contributed by atoms with Crippen LogP contribution in [-0.4, -0.2) is 24.6 Å². The number of nitrogens with zero attached hydrogens (tertiary/aromatic N) is 5. The largest absolute Gasteiger partial charge is 0.366 e. The number of para-hydroxylation sites is 1. The maximum absolute atomic E-state index is 4.77. The number of benzene rings is 1. The van der Waals surface area contributed by atoms with E-state index in [0.717, 1.165) is 39.1 Å². The lowest BCUT2D eigenvalue weighted by atomic mass is 10.0. The average Bonchev–Trinajstić information content (AvgIpc) is 3.16. The van der Waals surface area contributed by atoms with Gasteiger partial charge in [-0.15, -0.1) is 0 Å². The Morgan fingerprint density at radius 3 is 2.74 bits per heavy atom. The number of pyridine rings is 2. The highest BCUT2D eigenvalue weighted by molar-refractivity contribution is 5.96. The van der Waals surface area contributed by atoms with Crippen LogP contribution >= 0.6 is 0 Å². The Morgan fingerprint density at radius 1 is 0.889 bits per heavy atom. The molecule has 1 aromatic carbocycles. The van der Waals surface area contributed by atoms with Gasteiger partial charge < -0.3 is 5.32 Å². The van der Waals surface area contributed by atoms with Crippen LogP contribution in [0, 0.1) is 0 Å². The lowest BCUT2D eigenvalue weighted by Crippen LogP contribution is -2.03. The van der Waals surface area contributed by atoms with Gasteiger partial charge in [-0.25, -0.2) is 9.50 Å². The van der Waals surface area contributed by atoms with Gasteiger partial charge in [-0.3, -0.25) is 9.97 Å². The molecule has 0 unspecified atom stereocenters. The molecular formula is C21H16N6. The highest BCUT2D eigenvalue weighted by Gasteiger charge is 2.12. The van der Waals surface area contributed by atoms with Crippen LogP contribution in [0.3, 0.4) is 0 Å². The van der Waals surface area contributed by atoms with E-state index in [2.05, 4.69) is 38.6 Å². The summed E-state index contributed by atoms with van der Waals surface area (Å²) in [6.07, 6.45) is 9.18. The lowest BCUT2D eigenvalue weighted by Gasteiger charge is -2.07. The molecule has 4 aromatic heterocycles. The van der Waals surface area contributed by atoms with Crippen molar-refractivity contribution in [3.63, 3.8) is 0 Å². The zero-order chi connectivity index (χ0) is 18.1. The second kappa shape index (κ2) is 6.49. The number of anilines is 1. The predicted octanol–water partition coefficient (Wildman–Crippen LogP) is 3.95. The summed E-state index contributed by atoms with van der Waals surface area (Å²) >= 11 is 0. The van der Waals surface area contributed by atoms with Crippen molar-refractivity contribution in [1.82, 2.24) is 24.6 Å². The van der Waals surface area contributed by atoms with E-state index < -0.39 is 0 Å². The molecule has 6 heteroatoms. The minimum Gasteiger partial charge on any atom is -0.366 e. The first-order valence-electron chi connectivity index (χ1n) is 8.70. The lowest BCUT2D eigenvalue weighted by molar-refractivity contribution is 0.936. The second-order valence-electron chi connectivity index (χ2n) is 6.23. The molecule has 0 bridgehead atoms. The second-order valence-corrected chi connectivity index (χ2v) is 6.23. The Labute approximate surface area is 155 Å². The van der Waals surface area contributed by atoms with E-state index in [1.54, 1.807) is 10.7 Å². The molecule has 6 nitrogen and oxygen atoms in total. The van der Waals surface area contributed by atoms with Crippen LogP contribution in [0.1, 0.15) is 5.56 Å². The van der Waals surface area contributed by atoms with Gasteiger partial charge >= 0.3 is 0 Å². The van der Waals surface area contributed by atoms with Crippen molar-refractivity contribution < 1.29 is 0 Å². The molecule has 0 atom stereocenters. The van der Waals surface area contributed by atoms with Crippen LogP contribution in [0.4, 0.5) is 5.82 Å². The third-order valence-electron chi connectivity index (χ3n) is 4.49. The molecule has 0 aliphatic rings. The number of aromatic nitrogens is 5. The third kappa shape index (κ3) is 2.87. The molecule has 0 saturated heterocycles. The first-order chi connectivity index (χ1) is 13.4. The zero-order valence-electron chi connectivity index (χ0n) is 14.4. The van der Waals surface area contributed by atoms with Crippen LogP contribution < -0.4 is 5.32 Å². The fraction of sp³-hybridized carbons (Fsp3) is 0.0476. The molecular weight excluding hydrogens is 336 g/mol. The fourth-order valence-corrected chi connectivity index (χ4v) is 3.17. The van der Waals surface area contributed by atoms with Crippen molar-refractivity contribution >= 4 is 22.4 Å². The third-order valence-corrected chi connectivity index (χ3v) is 4.49. The predicted molar refractivity (Wildman–Crippen MR) is 105 cm³/mol. The molecule has 0 aliphatic heterocycles. The summed E-state index contributed by atoms with van der Waals surface area (Å²) in [6.45, 7) is 0.663. The van der Waals surface area contributed by atoms with Crippen molar-refractivity contribution in [3.05, 3.63) is 85.1 Å². The summed E-state index contributed by atoms with van der Waals surface area (Å²) in [5, 5.41) is 8.90. The quantitative estimate of drug-likeness (QED) is 0.530. The van der Waals surface area contributed by atoms with Crippen LogP contribution in [0.5, 0.6) is 0 Å². The van der Waals surface area contributed by atoms with Gasteiger partial charge in [0, 0.05) is 47.8 Å². The Kier molecular flexibility index (Phi) is 3.72. The van der Waals surface area contributed by atoms with Crippen molar-refractivity contribution in [2.45, 2.75) is 6.54 Å². The fourth-order valence-electron chi connectivity index (χ4n) is 3.17. The minimum absolute atomic E-state index is 0.663. The van der Waals surface area contributed by atoms with Gasteiger partial charge in [-0.1, -0.05) is 30.3 Å². The standard InChI is InChI=1S/C21H16N6/c1-5-16-6-3-10-23-20(16)17(7-1)18-14-25-27-11-8-19(26-21(18)27)24-13-15-4-2-9-22-12-15/h1-12,14H,13H2,(H,24,26). The highest BCUT2D eigenvalue weighted by Crippen LogP contribution is 2.29. The van der Waals surface area contributed by atoms with Gasteiger partial charge in [0.15, 0.2) is 5.65 Å². The van der Waals surface area contributed by atoms with E-state index in [1.807, 2.05) is 55.1 Å². The molecule has 0 spiro atoms. The number of hydrogen-bond donors (Lipinski definition) is 1. The summed E-state index contributed by atoms with van der Waals surface area (Å²) in [6, 6.07) is 16.0. The van der Waals surface area contributed by atoms with Gasteiger partial charge in [0.1, 0.15) is 5.82 Å². The smallest absolute Gasteiger partial charge is 0.165 e. The van der Waals surface area contributed by atoms with Crippen LogP contribution in [0.15, 0.2) is 79.5 Å². The number of fused-ring (bicyclic) bond motifs is 2. The molecule has 4 heterocycles. The van der Waals surface area contributed by atoms with Gasteiger partial charge in [-0.05, 0) is 23.8 Å². The molecule has 0 aliphatic carbocycles. The first kappa shape index (κ1) is 15.5. The molecule has 27 heavy (non-hydrogen) atoms. The van der Waals surface area contributed by atoms with E-state index >= 15 is 0 Å². The van der Waals surface area contributed by atoms with E-state index in [-0.39, 0.29) is 0 Å². The van der Waals surface area contributed by atoms with Crippen molar-refractivity contribution in [3.8, 4) is 11.1 Å². The maximum Gasteiger partial charge on any atom is 0.165 e. The molecule has 0 amide bonds. The van der Waals surface area contributed by atoms with E-state index in [4.69, 9.17) is 4.98 Å². The average molecular weight is 352 g/mol. The Balaban J connectivity index is 1.55. The molecule has 1 N–H and O–H groups in total. The molecule has 5 rings (SSSR count). The summed E-state index contributed by atoms with van der Waals surface area (Å²) < 4.78 is 1.78. The number of nitrogens with one attached hydrogen (secondary N) is 1. The highest BCUT2D eigenvalue weighted by atomic mass is 15.2. The van der Waals surface area contributed by atoms with Crippen LogP contribution in [0.2, 0.25) is 0 Å². The van der Waals surface area contributed by atoms with E-state index in [0.29, 0.717) is 6.54 Å². The SMILES string of the molecule is c1cncc(CNc2ccn3ncc(-c4cccc5cccnc45)c3n2)c1. The molecule has 5 aromatic rings. The zero-order valence-corrected chi connectivity index (χ0v) is 14.4. The van der Waals surface area contributed by atoms with Gasteiger partial charge in [0.2, 0.25) is 0 Å². The molecule has 0 saturated carbocycles. The van der Waals surface area contributed by atoms with Crippen LogP contribution in [-0.2, 0) is 6.54 Å². The molecule has 0 fully saturated rings. The van der Waals surface area contributed by atoms with E-state index in [1.165, 1.54) is 0 Å². The topological polar surface area (TPSA) is 68.0 Å². The van der Waals surface area contributed by atoms with Crippen LogP contribution in [0.25, 0.3) is 27.7 Å². The normalized spacial score (nSPS) is 11.1. The summed E-state index contributed by atoms with van der Waals surface area (Å²) in [7, 11) is 0. The Hall–Kier alpha value is -3.80. The van der Waals surface area contributed by atoms with E-state index in [9.17, 15) is 0 Å². The minimum atomic E-state index is 0.663. The number of hydrogen-bond acceptors (Lipinski definition) is 5. The summed E-state index contributed by atoms with van der Waals surface area (Å²) in [5.74, 6) is 0.793. The summed E-state index contributed by atoms with van der Waals surface area (Å²) in [4.78, 5) is 13.5. The van der Waals surface area contributed by atoms with Crippen molar-refractivity contribution in [2.24, 2.45) is 0 Å². The first-order valence-corrected chi connectivity index (χ1v) is 8.70. The molecule has 130 valence electrons.